The standard InChI is InChI=1S/C12H21N/c1-4-10(2)8-12-6-5-7-13-11(3)9-12/h4,11-13H,1-2,5-9H2,3H3. The highest BCUT2D eigenvalue weighted by atomic mass is 14.9. The Balaban J connectivity index is 2.38. The highest BCUT2D eigenvalue weighted by molar-refractivity contribution is 5.11. The summed E-state index contributed by atoms with van der Waals surface area (Å²) in [5.41, 5.74) is 1.19. The van der Waals surface area contributed by atoms with Crippen molar-refractivity contribution in [2.45, 2.75) is 38.6 Å². The second kappa shape index (κ2) is 5.23. The molecule has 0 amide bonds. The van der Waals surface area contributed by atoms with Gasteiger partial charge in [0, 0.05) is 6.04 Å². The molecule has 0 bridgehead atoms. The Hall–Kier alpha value is -0.560. The van der Waals surface area contributed by atoms with E-state index in [1.807, 2.05) is 6.08 Å². The van der Waals surface area contributed by atoms with Crippen molar-refractivity contribution in [2.75, 3.05) is 6.54 Å². The second-order valence-electron chi connectivity index (χ2n) is 4.17. The van der Waals surface area contributed by atoms with E-state index in [2.05, 4.69) is 25.4 Å². The van der Waals surface area contributed by atoms with Crippen molar-refractivity contribution >= 4 is 0 Å². The van der Waals surface area contributed by atoms with E-state index in [1.54, 1.807) is 0 Å². The van der Waals surface area contributed by atoms with E-state index in [0.29, 0.717) is 6.04 Å². The predicted molar refractivity (Wildman–Crippen MR) is 58.8 cm³/mol. The van der Waals surface area contributed by atoms with Gasteiger partial charge in [0.05, 0.1) is 0 Å². The summed E-state index contributed by atoms with van der Waals surface area (Å²) >= 11 is 0. The molecule has 0 aliphatic carbocycles. The molecule has 0 saturated carbocycles. The summed E-state index contributed by atoms with van der Waals surface area (Å²) in [7, 11) is 0. The molecule has 0 radical (unpaired) electrons. The molecule has 1 saturated heterocycles. The van der Waals surface area contributed by atoms with E-state index >= 15 is 0 Å². The molecule has 1 heteroatoms. The summed E-state index contributed by atoms with van der Waals surface area (Å²) in [5.74, 6) is 0.815. The third-order valence-corrected chi connectivity index (χ3v) is 2.81. The minimum Gasteiger partial charge on any atom is -0.314 e. The minimum absolute atomic E-state index is 0.671. The lowest BCUT2D eigenvalue weighted by molar-refractivity contribution is 0.428. The largest absolute Gasteiger partial charge is 0.314 e. The molecule has 0 aromatic carbocycles. The maximum atomic E-state index is 3.98. The van der Waals surface area contributed by atoms with E-state index in [-0.39, 0.29) is 0 Å². The number of hydrogen-bond acceptors (Lipinski definition) is 1. The molecule has 1 rings (SSSR count). The van der Waals surface area contributed by atoms with Crippen LogP contribution in [0.1, 0.15) is 32.6 Å². The zero-order chi connectivity index (χ0) is 9.68. The summed E-state index contributed by atoms with van der Waals surface area (Å²) in [6.45, 7) is 11.2. The Kier molecular flexibility index (Phi) is 4.23. The summed E-state index contributed by atoms with van der Waals surface area (Å²) in [5, 5.41) is 3.51. The Morgan fingerprint density at radius 3 is 3.08 bits per heavy atom. The van der Waals surface area contributed by atoms with Crippen molar-refractivity contribution in [1.29, 1.82) is 0 Å². The van der Waals surface area contributed by atoms with Crippen LogP contribution in [0.25, 0.3) is 0 Å². The van der Waals surface area contributed by atoms with Gasteiger partial charge in [0.1, 0.15) is 0 Å². The monoisotopic (exact) mass is 179 g/mol. The average Bonchev–Trinajstić information content (AvgIpc) is 2.30. The third-order valence-electron chi connectivity index (χ3n) is 2.81. The number of allylic oxidation sites excluding steroid dienone is 2. The number of rotatable bonds is 3. The first-order chi connectivity index (χ1) is 6.22. The molecule has 1 heterocycles. The third kappa shape index (κ3) is 3.77. The normalized spacial score (nSPS) is 29.3. The van der Waals surface area contributed by atoms with Gasteiger partial charge in [0.2, 0.25) is 0 Å². The molecule has 2 unspecified atom stereocenters. The molecule has 1 N–H and O–H groups in total. The lowest BCUT2D eigenvalue weighted by Gasteiger charge is -2.16. The molecule has 1 aliphatic heterocycles. The highest BCUT2D eigenvalue weighted by Gasteiger charge is 2.16. The smallest absolute Gasteiger partial charge is 0.00414 e. The van der Waals surface area contributed by atoms with Crippen LogP contribution in [0.2, 0.25) is 0 Å². The lowest BCUT2D eigenvalue weighted by Crippen LogP contribution is -2.25. The van der Waals surface area contributed by atoms with Crippen LogP contribution in [-0.2, 0) is 0 Å². The van der Waals surface area contributed by atoms with Gasteiger partial charge in [-0.15, -0.1) is 0 Å². The van der Waals surface area contributed by atoms with Gasteiger partial charge in [-0.05, 0) is 45.1 Å². The summed E-state index contributed by atoms with van der Waals surface area (Å²) < 4.78 is 0. The quantitative estimate of drug-likeness (QED) is 0.657. The lowest BCUT2D eigenvalue weighted by atomic mass is 9.91. The van der Waals surface area contributed by atoms with Gasteiger partial charge in [-0.2, -0.15) is 0 Å². The summed E-state index contributed by atoms with van der Waals surface area (Å²) in [4.78, 5) is 0. The number of hydrogen-bond donors (Lipinski definition) is 1. The van der Waals surface area contributed by atoms with Crippen molar-refractivity contribution in [3.8, 4) is 0 Å². The molecule has 1 nitrogen and oxygen atoms in total. The van der Waals surface area contributed by atoms with Gasteiger partial charge in [-0.1, -0.05) is 24.8 Å². The van der Waals surface area contributed by atoms with Crippen LogP contribution in [0.15, 0.2) is 24.8 Å². The molecular weight excluding hydrogens is 158 g/mol. The fourth-order valence-electron chi connectivity index (χ4n) is 2.08. The molecule has 2 atom stereocenters. The van der Waals surface area contributed by atoms with E-state index in [0.717, 1.165) is 12.3 Å². The van der Waals surface area contributed by atoms with Crippen molar-refractivity contribution in [1.82, 2.24) is 5.32 Å². The Morgan fingerprint density at radius 2 is 2.38 bits per heavy atom. The van der Waals surface area contributed by atoms with E-state index in [9.17, 15) is 0 Å². The van der Waals surface area contributed by atoms with Crippen LogP contribution in [0.5, 0.6) is 0 Å². The maximum absolute atomic E-state index is 3.98. The fourth-order valence-corrected chi connectivity index (χ4v) is 2.08. The van der Waals surface area contributed by atoms with Gasteiger partial charge < -0.3 is 5.32 Å². The summed E-state index contributed by atoms with van der Waals surface area (Å²) in [6, 6.07) is 0.671. The van der Waals surface area contributed by atoms with Crippen LogP contribution >= 0.6 is 0 Å². The van der Waals surface area contributed by atoms with Gasteiger partial charge in [0.15, 0.2) is 0 Å². The molecule has 0 spiro atoms. The van der Waals surface area contributed by atoms with Crippen molar-refractivity contribution in [3.63, 3.8) is 0 Å². The van der Waals surface area contributed by atoms with Gasteiger partial charge >= 0.3 is 0 Å². The molecule has 13 heavy (non-hydrogen) atoms. The Labute approximate surface area is 81.9 Å². The topological polar surface area (TPSA) is 12.0 Å². The molecule has 1 aliphatic rings. The van der Waals surface area contributed by atoms with E-state index < -0.39 is 0 Å². The van der Waals surface area contributed by atoms with E-state index in [4.69, 9.17) is 0 Å². The van der Waals surface area contributed by atoms with Crippen LogP contribution in [0.4, 0.5) is 0 Å². The van der Waals surface area contributed by atoms with Crippen LogP contribution < -0.4 is 5.32 Å². The Bertz CT molecular complexity index is 184. The van der Waals surface area contributed by atoms with Gasteiger partial charge in [0.25, 0.3) is 0 Å². The van der Waals surface area contributed by atoms with Crippen LogP contribution in [0, 0.1) is 5.92 Å². The zero-order valence-corrected chi connectivity index (χ0v) is 8.68. The van der Waals surface area contributed by atoms with E-state index in [1.165, 1.54) is 31.4 Å². The molecule has 0 aromatic rings. The first-order valence-electron chi connectivity index (χ1n) is 5.26. The fraction of sp³-hybridized carbons (Fsp3) is 0.667. The molecule has 74 valence electrons. The van der Waals surface area contributed by atoms with Gasteiger partial charge in [-0.25, -0.2) is 0 Å². The maximum Gasteiger partial charge on any atom is 0.00414 e. The molecule has 1 fully saturated rings. The average molecular weight is 179 g/mol. The Morgan fingerprint density at radius 1 is 1.62 bits per heavy atom. The second-order valence-corrected chi connectivity index (χ2v) is 4.17. The highest BCUT2D eigenvalue weighted by Crippen LogP contribution is 2.23. The molecule has 0 aromatic heterocycles. The number of nitrogens with one attached hydrogen (secondary N) is 1. The summed E-state index contributed by atoms with van der Waals surface area (Å²) in [6.07, 6.45) is 6.95. The predicted octanol–water partition coefficient (Wildman–Crippen LogP) is 2.90. The van der Waals surface area contributed by atoms with Crippen molar-refractivity contribution < 1.29 is 0 Å². The minimum atomic E-state index is 0.671. The zero-order valence-electron chi connectivity index (χ0n) is 8.68. The van der Waals surface area contributed by atoms with Crippen LogP contribution in [-0.4, -0.2) is 12.6 Å². The van der Waals surface area contributed by atoms with Crippen molar-refractivity contribution in [3.05, 3.63) is 24.8 Å². The first-order valence-corrected chi connectivity index (χ1v) is 5.26. The first kappa shape index (κ1) is 10.5. The van der Waals surface area contributed by atoms with Gasteiger partial charge in [-0.3, -0.25) is 0 Å². The van der Waals surface area contributed by atoms with Crippen LogP contribution in [0.3, 0.4) is 0 Å². The molecular formula is C12H21N. The van der Waals surface area contributed by atoms with Crippen molar-refractivity contribution in [2.24, 2.45) is 5.92 Å². The SMILES string of the molecule is C=CC(=C)CC1CCCNC(C)C1.